The standard InChI is InChI=1S/C11H15NS/c1-11(2,3)8-4-5-10-9(6-8)12-7-13-10/h4-7,9-10H,1-3H3. The average molecular weight is 193 g/mol. The molecule has 2 heteroatoms. The zero-order valence-electron chi connectivity index (χ0n) is 8.32. The quantitative estimate of drug-likeness (QED) is 0.576. The minimum atomic E-state index is 0.254. The molecule has 2 atom stereocenters. The van der Waals surface area contributed by atoms with E-state index in [0.717, 1.165) is 0 Å². The first-order valence-corrected chi connectivity index (χ1v) is 5.59. The fourth-order valence-electron chi connectivity index (χ4n) is 1.58. The average Bonchev–Trinajstić information content (AvgIpc) is 2.47. The molecular weight excluding hydrogens is 178 g/mol. The number of hydrogen-bond acceptors (Lipinski definition) is 2. The summed E-state index contributed by atoms with van der Waals surface area (Å²) in [5, 5.41) is 0.561. The molecule has 0 amide bonds. The Kier molecular flexibility index (Phi) is 2.11. The number of allylic oxidation sites excluding steroid dienone is 2. The van der Waals surface area contributed by atoms with E-state index in [9.17, 15) is 0 Å². The number of nitrogens with zero attached hydrogens (tertiary/aromatic N) is 1. The molecule has 0 spiro atoms. The molecule has 0 N–H and O–H groups in total. The Morgan fingerprint density at radius 2 is 2.15 bits per heavy atom. The van der Waals surface area contributed by atoms with E-state index in [4.69, 9.17) is 0 Å². The molecule has 0 radical (unpaired) electrons. The molecule has 0 bridgehead atoms. The smallest absolute Gasteiger partial charge is 0.0849 e. The molecule has 0 aromatic rings. The SMILES string of the molecule is CC(C)(C)C1=CC2N=CSC2C=C1. The molecule has 1 heterocycles. The molecule has 1 nitrogen and oxygen atoms in total. The van der Waals surface area contributed by atoms with Crippen LogP contribution in [0.3, 0.4) is 0 Å². The Bertz CT molecular complexity index is 294. The second-order valence-electron chi connectivity index (χ2n) is 4.58. The van der Waals surface area contributed by atoms with Gasteiger partial charge in [-0.25, -0.2) is 0 Å². The van der Waals surface area contributed by atoms with E-state index in [2.05, 4.69) is 44.0 Å². The Hall–Kier alpha value is -0.500. The third kappa shape index (κ3) is 1.73. The maximum atomic E-state index is 4.43. The maximum absolute atomic E-state index is 4.43. The van der Waals surface area contributed by atoms with Gasteiger partial charge in [-0.3, -0.25) is 4.99 Å². The van der Waals surface area contributed by atoms with Gasteiger partial charge >= 0.3 is 0 Å². The van der Waals surface area contributed by atoms with Crippen LogP contribution in [0.15, 0.2) is 28.8 Å². The monoisotopic (exact) mass is 193 g/mol. The third-order valence-electron chi connectivity index (χ3n) is 2.47. The minimum Gasteiger partial charge on any atom is -0.277 e. The maximum Gasteiger partial charge on any atom is 0.0849 e. The predicted molar refractivity (Wildman–Crippen MR) is 60.3 cm³/mol. The van der Waals surface area contributed by atoms with Crippen LogP contribution in [0.1, 0.15) is 20.8 Å². The van der Waals surface area contributed by atoms with Gasteiger partial charge in [0.05, 0.1) is 16.8 Å². The lowest BCUT2D eigenvalue weighted by molar-refractivity contribution is 0.510. The van der Waals surface area contributed by atoms with Crippen molar-refractivity contribution in [1.82, 2.24) is 0 Å². The first-order valence-electron chi connectivity index (χ1n) is 4.65. The topological polar surface area (TPSA) is 12.4 Å². The van der Waals surface area contributed by atoms with Gasteiger partial charge in [-0.1, -0.05) is 39.0 Å². The Balaban J connectivity index is 2.24. The van der Waals surface area contributed by atoms with Gasteiger partial charge in [0.1, 0.15) is 0 Å². The highest BCUT2D eigenvalue weighted by Gasteiger charge is 2.27. The molecule has 0 saturated carbocycles. The largest absolute Gasteiger partial charge is 0.277 e. The Morgan fingerprint density at radius 3 is 2.85 bits per heavy atom. The van der Waals surface area contributed by atoms with Gasteiger partial charge in [0.2, 0.25) is 0 Å². The first kappa shape index (κ1) is 9.07. The van der Waals surface area contributed by atoms with E-state index in [1.807, 2.05) is 17.3 Å². The van der Waals surface area contributed by atoms with Crippen LogP contribution in [0, 0.1) is 5.41 Å². The van der Waals surface area contributed by atoms with Crippen LogP contribution < -0.4 is 0 Å². The van der Waals surface area contributed by atoms with Crippen LogP contribution in [-0.4, -0.2) is 16.8 Å². The lowest BCUT2D eigenvalue weighted by Crippen LogP contribution is -2.20. The molecule has 0 aromatic carbocycles. The molecule has 0 aromatic heterocycles. The van der Waals surface area contributed by atoms with Crippen LogP contribution in [0.2, 0.25) is 0 Å². The summed E-state index contributed by atoms with van der Waals surface area (Å²) in [6.45, 7) is 6.74. The summed E-state index contributed by atoms with van der Waals surface area (Å²) in [6, 6.07) is 0.393. The molecule has 2 unspecified atom stereocenters. The molecule has 1 aliphatic heterocycles. The van der Waals surface area contributed by atoms with Crippen molar-refractivity contribution < 1.29 is 0 Å². The van der Waals surface area contributed by atoms with E-state index in [-0.39, 0.29) is 5.41 Å². The number of fused-ring (bicyclic) bond motifs is 1. The zero-order chi connectivity index (χ0) is 9.47. The van der Waals surface area contributed by atoms with Gasteiger partial charge in [0.15, 0.2) is 0 Å². The van der Waals surface area contributed by atoms with E-state index in [1.54, 1.807) is 0 Å². The Morgan fingerprint density at radius 1 is 1.38 bits per heavy atom. The number of thioether (sulfide) groups is 1. The van der Waals surface area contributed by atoms with E-state index < -0.39 is 0 Å². The van der Waals surface area contributed by atoms with Gasteiger partial charge in [-0.05, 0) is 11.0 Å². The van der Waals surface area contributed by atoms with Crippen LogP contribution >= 0.6 is 11.8 Å². The van der Waals surface area contributed by atoms with Crippen molar-refractivity contribution in [3.63, 3.8) is 0 Å². The van der Waals surface area contributed by atoms with Crippen LogP contribution in [-0.2, 0) is 0 Å². The van der Waals surface area contributed by atoms with Crippen molar-refractivity contribution in [2.24, 2.45) is 10.4 Å². The van der Waals surface area contributed by atoms with Crippen LogP contribution in [0.4, 0.5) is 0 Å². The van der Waals surface area contributed by atoms with Crippen LogP contribution in [0.25, 0.3) is 0 Å². The highest BCUT2D eigenvalue weighted by atomic mass is 32.2. The number of rotatable bonds is 0. The van der Waals surface area contributed by atoms with Gasteiger partial charge in [-0.2, -0.15) is 0 Å². The molecule has 2 rings (SSSR count). The second-order valence-corrected chi connectivity index (χ2v) is 5.60. The van der Waals surface area contributed by atoms with Gasteiger partial charge in [-0.15, -0.1) is 11.8 Å². The first-order chi connectivity index (χ1) is 6.07. The summed E-state index contributed by atoms with van der Waals surface area (Å²) in [6.07, 6.45) is 6.84. The van der Waals surface area contributed by atoms with Gasteiger partial charge in [0.25, 0.3) is 0 Å². The van der Waals surface area contributed by atoms with Crippen molar-refractivity contribution in [3.05, 3.63) is 23.8 Å². The van der Waals surface area contributed by atoms with E-state index in [0.29, 0.717) is 11.3 Å². The lowest BCUT2D eigenvalue weighted by atomic mass is 9.82. The summed E-state index contributed by atoms with van der Waals surface area (Å²) < 4.78 is 0. The zero-order valence-corrected chi connectivity index (χ0v) is 9.14. The van der Waals surface area contributed by atoms with E-state index in [1.165, 1.54) is 5.57 Å². The van der Waals surface area contributed by atoms with Crippen molar-refractivity contribution in [2.75, 3.05) is 0 Å². The fraction of sp³-hybridized carbons (Fsp3) is 0.545. The van der Waals surface area contributed by atoms with Crippen molar-refractivity contribution in [1.29, 1.82) is 0 Å². The van der Waals surface area contributed by atoms with E-state index >= 15 is 0 Å². The normalized spacial score (nSPS) is 31.8. The lowest BCUT2D eigenvalue weighted by Gasteiger charge is -2.25. The van der Waals surface area contributed by atoms with Gasteiger partial charge in [0, 0.05) is 0 Å². The highest BCUT2D eigenvalue weighted by Crippen LogP contribution is 2.35. The van der Waals surface area contributed by atoms with Crippen LogP contribution in [0.5, 0.6) is 0 Å². The predicted octanol–water partition coefficient (Wildman–Crippen LogP) is 3.04. The summed E-state index contributed by atoms with van der Waals surface area (Å²) in [5.74, 6) is 0. The molecular formula is C11H15NS. The summed E-state index contributed by atoms with van der Waals surface area (Å²) in [5.41, 5.74) is 3.64. The summed E-state index contributed by atoms with van der Waals surface area (Å²) >= 11 is 1.82. The number of aliphatic imine (C=N–C) groups is 1. The molecule has 1 aliphatic carbocycles. The molecule has 0 saturated heterocycles. The molecule has 70 valence electrons. The van der Waals surface area contributed by atoms with Crippen molar-refractivity contribution in [3.8, 4) is 0 Å². The molecule has 0 fully saturated rings. The van der Waals surface area contributed by atoms with Gasteiger partial charge < -0.3 is 0 Å². The number of hydrogen-bond donors (Lipinski definition) is 0. The van der Waals surface area contributed by atoms with Crippen molar-refractivity contribution in [2.45, 2.75) is 32.1 Å². The fourth-order valence-corrected chi connectivity index (χ4v) is 2.41. The highest BCUT2D eigenvalue weighted by molar-refractivity contribution is 8.13. The molecule has 2 aliphatic rings. The Labute approximate surface area is 84.0 Å². The third-order valence-corrected chi connectivity index (χ3v) is 3.46. The second kappa shape index (κ2) is 3.02. The minimum absolute atomic E-state index is 0.254. The molecule has 13 heavy (non-hydrogen) atoms. The summed E-state index contributed by atoms with van der Waals surface area (Å²) in [4.78, 5) is 4.43. The van der Waals surface area contributed by atoms with Crippen molar-refractivity contribution >= 4 is 17.3 Å². The summed E-state index contributed by atoms with van der Waals surface area (Å²) in [7, 11) is 0.